The molecule has 2 rings (SSSR count). The van der Waals surface area contributed by atoms with Crippen molar-refractivity contribution >= 4 is 27.5 Å². The first-order valence-electron chi connectivity index (χ1n) is 6.30. The van der Waals surface area contributed by atoms with Crippen molar-refractivity contribution in [3.8, 4) is 0 Å². The highest BCUT2D eigenvalue weighted by Crippen LogP contribution is 2.31. The third-order valence-electron chi connectivity index (χ3n) is 3.12. The van der Waals surface area contributed by atoms with Gasteiger partial charge >= 0.3 is 0 Å². The van der Waals surface area contributed by atoms with Gasteiger partial charge in [0.25, 0.3) is 0 Å². The zero-order valence-corrected chi connectivity index (χ0v) is 13.8. The fourth-order valence-electron chi connectivity index (χ4n) is 2.19. The van der Waals surface area contributed by atoms with Gasteiger partial charge in [-0.25, -0.2) is 4.39 Å². The van der Waals surface area contributed by atoms with E-state index in [0.717, 1.165) is 11.3 Å². The molecule has 1 atom stereocenters. The van der Waals surface area contributed by atoms with E-state index in [-0.39, 0.29) is 17.9 Å². The number of hydrogen-bond acceptors (Lipinski definition) is 2. The third kappa shape index (κ3) is 2.90. The van der Waals surface area contributed by atoms with E-state index in [1.54, 1.807) is 18.3 Å². The molecule has 1 unspecified atom stereocenters. The van der Waals surface area contributed by atoms with E-state index in [0.29, 0.717) is 9.50 Å². The Labute approximate surface area is 131 Å². The van der Waals surface area contributed by atoms with Crippen molar-refractivity contribution in [1.29, 1.82) is 0 Å². The van der Waals surface area contributed by atoms with Crippen LogP contribution in [0.2, 0.25) is 5.02 Å². The van der Waals surface area contributed by atoms with E-state index >= 15 is 0 Å². The highest BCUT2D eigenvalue weighted by molar-refractivity contribution is 9.10. The minimum Gasteiger partial charge on any atom is -0.308 e. The van der Waals surface area contributed by atoms with Gasteiger partial charge in [0.2, 0.25) is 0 Å². The Morgan fingerprint density at radius 2 is 2.10 bits per heavy atom. The molecule has 0 aliphatic carbocycles. The quantitative estimate of drug-likeness (QED) is 0.879. The molecule has 0 amide bonds. The SMILES string of the molecule is CNC(c1ccc(F)c(Br)c1)c1c(Cl)cnn1C(C)C. The average Bonchev–Trinajstić information content (AvgIpc) is 2.77. The standard InChI is InChI=1S/C14H16BrClFN3/c1-8(2)20-14(11(16)7-19-20)13(18-3)9-4-5-12(17)10(15)6-9/h4-8,13,18H,1-3H3. The van der Waals surface area contributed by atoms with Crippen molar-refractivity contribution in [2.45, 2.75) is 25.9 Å². The normalized spacial score (nSPS) is 12.9. The van der Waals surface area contributed by atoms with Crippen LogP contribution in [-0.4, -0.2) is 16.8 Å². The van der Waals surface area contributed by atoms with Gasteiger partial charge in [0.05, 0.1) is 27.4 Å². The molecule has 0 bridgehead atoms. The molecule has 0 aliphatic heterocycles. The number of hydrogen-bond donors (Lipinski definition) is 1. The van der Waals surface area contributed by atoms with Crippen molar-refractivity contribution in [2.24, 2.45) is 0 Å². The van der Waals surface area contributed by atoms with Crippen LogP contribution in [0.15, 0.2) is 28.9 Å². The van der Waals surface area contributed by atoms with Crippen molar-refractivity contribution in [2.75, 3.05) is 7.05 Å². The van der Waals surface area contributed by atoms with Crippen LogP contribution in [0.5, 0.6) is 0 Å². The molecule has 1 aromatic carbocycles. The van der Waals surface area contributed by atoms with Gasteiger partial charge in [-0.1, -0.05) is 17.7 Å². The number of aromatic nitrogens is 2. The maximum Gasteiger partial charge on any atom is 0.137 e. The first kappa shape index (κ1) is 15.5. The number of rotatable bonds is 4. The summed E-state index contributed by atoms with van der Waals surface area (Å²) in [6.07, 6.45) is 1.64. The van der Waals surface area contributed by atoms with Gasteiger partial charge in [0, 0.05) is 6.04 Å². The smallest absolute Gasteiger partial charge is 0.137 e. The van der Waals surface area contributed by atoms with E-state index in [9.17, 15) is 4.39 Å². The maximum absolute atomic E-state index is 13.4. The van der Waals surface area contributed by atoms with E-state index in [2.05, 4.69) is 26.3 Å². The van der Waals surface area contributed by atoms with Gasteiger partial charge in [0.15, 0.2) is 0 Å². The number of nitrogens with one attached hydrogen (secondary N) is 1. The minimum atomic E-state index is -0.285. The molecule has 1 N–H and O–H groups in total. The largest absolute Gasteiger partial charge is 0.308 e. The molecule has 0 saturated heterocycles. The summed E-state index contributed by atoms with van der Waals surface area (Å²) < 4.78 is 15.7. The van der Waals surface area contributed by atoms with E-state index in [4.69, 9.17) is 11.6 Å². The molecule has 0 aliphatic rings. The fraction of sp³-hybridized carbons (Fsp3) is 0.357. The summed E-state index contributed by atoms with van der Waals surface area (Å²) >= 11 is 9.49. The van der Waals surface area contributed by atoms with Crippen LogP contribution < -0.4 is 5.32 Å². The van der Waals surface area contributed by atoms with Crippen LogP contribution in [0.4, 0.5) is 4.39 Å². The van der Waals surface area contributed by atoms with E-state index in [1.165, 1.54) is 6.07 Å². The average molecular weight is 361 g/mol. The molecule has 3 nitrogen and oxygen atoms in total. The fourth-order valence-corrected chi connectivity index (χ4v) is 2.82. The lowest BCUT2D eigenvalue weighted by Gasteiger charge is -2.21. The third-order valence-corrected chi connectivity index (χ3v) is 4.01. The molecule has 20 heavy (non-hydrogen) atoms. The van der Waals surface area contributed by atoms with Crippen molar-refractivity contribution in [1.82, 2.24) is 15.1 Å². The van der Waals surface area contributed by atoms with Crippen molar-refractivity contribution in [3.05, 3.63) is 51.0 Å². The first-order valence-corrected chi connectivity index (χ1v) is 7.48. The second-order valence-corrected chi connectivity index (χ2v) is 6.07. The Balaban J connectivity index is 2.52. The Hall–Kier alpha value is -0.910. The number of nitrogens with zero attached hydrogens (tertiary/aromatic N) is 2. The van der Waals surface area contributed by atoms with Crippen LogP contribution in [0.1, 0.15) is 37.2 Å². The van der Waals surface area contributed by atoms with Gasteiger partial charge in [-0.05, 0) is 54.5 Å². The lowest BCUT2D eigenvalue weighted by atomic mass is 10.0. The minimum absolute atomic E-state index is 0.149. The number of benzene rings is 1. The zero-order chi connectivity index (χ0) is 14.9. The topological polar surface area (TPSA) is 29.9 Å². The summed E-state index contributed by atoms with van der Waals surface area (Å²) in [5.41, 5.74) is 1.80. The van der Waals surface area contributed by atoms with Crippen LogP contribution in [0, 0.1) is 5.82 Å². The predicted octanol–water partition coefficient (Wildman–Crippen LogP) is 4.33. The molecule has 1 heterocycles. The molecule has 6 heteroatoms. The molecule has 1 aromatic heterocycles. The maximum atomic E-state index is 13.4. The summed E-state index contributed by atoms with van der Waals surface area (Å²) in [6.45, 7) is 4.08. The number of halogens is 3. The van der Waals surface area contributed by atoms with E-state index in [1.807, 2.05) is 25.6 Å². The lowest BCUT2D eigenvalue weighted by Crippen LogP contribution is -2.23. The molecular formula is C14H16BrClFN3. The molecule has 108 valence electrons. The summed E-state index contributed by atoms with van der Waals surface area (Å²) in [4.78, 5) is 0. The predicted molar refractivity (Wildman–Crippen MR) is 82.6 cm³/mol. The van der Waals surface area contributed by atoms with Crippen LogP contribution in [0.3, 0.4) is 0 Å². The molecule has 0 spiro atoms. The van der Waals surface area contributed by atoms with Gasteiger partial charge < -0.3 is 5.32 Å². The molecule has 0 saturated carbocycles. The van der Waals surface area contributed by atoms with Gasteiger partial charge in [-0.2, -0.15) is 5.10 Å². The zero-order valence-electron chi connectivity index (χ0n) is 11.5. The molecule has 2 aromatic rings. The van der Waals surface area contributed by atoms with Crippen LogP contribution in [-0.2, 0) is 0 Å². The molecular weight excluding hydrogens is 345 g/mol. The summed E-state index contributed by atoms with van der Waals surface area (Å²) in [6, 6.07) is 4.98. The monoisotopic (exact) mass is 359 g/mol. The Bertz CT molecular complexity index is 612. The molecule has 0 fully saturated rings. The summed E-state index contributed by atoms with van der Waals surface area (Å²) in [5, 5.41) is 8.12. The highest BCUT2D eigenvalue weighted by Gasteiger charge is 2.22. The Morgan fingerprint density at radius 3 is 2.65 bits per heavy atom. The van der Waals surface area contributed by atoms with Gasteiger partial charge in [-0.15, -0.1) is 0 Å². The second-order valence-electron chi connectivity index (χ2n) is 4.81. The summed E-state index contributed by atoms with van der Waals surface area (Å²) in [5.74, 6) is -0.285. The lowest BCUT2D eigenvalue weighted by molar-refractivity contribution is 0.484. The van der Waals surface area contributed by atoms with Crippen molar-refractivity contribution in [3.63, 3.8) is 0 Å². The first-order chi connectivity index (χ1) is 9.45. The van der Waals surface area contributed by atoms with Crippen LogP contribution in [0.25, 0.3) is 0 Å². The Morgan fingerprint density at radius 1 is 1.40 bits per heavy atom. The second kappa shape index (κ2) is 6.24. The molecule has 0 radical (unpaired) electrons. The Kier molecular flexibility index (Phi) is 4.83. The highest BCUT2D eigenvalue weighted by atomic mass is 79.9. The summed E-state index contributed by atoms with van der Waals surface area (Å²) in [7, 11) is 1.84. The van der Waals surface area contributed by atoms with Gasteiger partial charge in [-0.3, -0.25) is 4.68 Å². The van der Waals surface area contributed by atoms with Crippen molar-refractivity contribution < 1.29 is 4.39 Å². The van der Waals surface area contributed by atoms with Crippen LogP contribution >= 0.6 is 27.5 Å². The van der Waals surface area contributed by atoms with Gasteiger partial charge in [0.1, 0.15) is 5.82 Å². The van der Waals surface area contributed by atoms with E-state index < -0.39 is 0 Å².